The molecule has 0 saturated heterocycles. The molecule has 1 aromatic rings. The van der Waals surface area contributed by atoms with Crippen molar-refractivity contribution in [3.8, 4) is 0 Å². The lowest BCUT2D eigenvalue weighted by Gasteiger charge is -2.32. The highest BCUT2D eigenvalue weighted by Crippen LogP contribution is 2.33. The summed E-state index contributed by atoms with van der Waals surface area (Å²) in [6.45, 7) is 6.57. The minimum Gasteiger partial charge on any atom is -0.327 e. The van der Waals surface area contributed by atoms with Gasteiger partial charge in [-0.2, -0.15) is 5.10 Å². The van der Waals surface area contributed by atoms with Crippen LogP contribution in [0, 0.1) is 25.7 Å². The number of hydrogen-bond donors (Lipinski definition) is 1. The Kier molecular flexibility index (Phi) is 4.67. The summed E-state index contributed by atoms with van der Waals surface area (Å²) < 4.78 is 1.98. The second kappa shape index (κ2) is 6.08. The first-order valence-corrected chi connectivity index (χ1v) is 7.77. The molecular formula is C16H29N3. The lowest BCUT2D eigenvalue weighted by atomic mass is 9.75. The highest BCUT2D eigenvalue weighted by Gasteiger charge is 2.26. The van der Waals surface area contributed by atoms with Crippen LogP contribution in [0.5, 0.6) is 0 Å². The largest absolute Gasteiger partial charge is 0.327 e. The van der Waals surface area contributed by atoms with Crippen LogP contribution in [0.3, 0.4) is 0 Å². The van der Waals surface area contributed by atoms with Crippen LogP contribution >= 0.6 is 0 Å². The van der Waals surface area contributed by atoms with Gasteiger partial charge >= 0.3 is 0 Å². The number of rotatable bonds is 4. The Morgan fingerprint density at radius 3 is 2.68 bits per heavy atom. The number of aryl methyl sites for hydroxylation is 2. The van der Waals surface area contributed by atoms with E-state index in [4.69, 9.17) is 5.73 Å². The van der Waals surface area contributed by atoms with Crippen molar-refractivity contribution in [1.29, 1.82) is 0 Å². The predicted octanol–water partition coefficient (Wildman–Crippen LogP) is 3.12. The second-order valence-corrected chi connectivity index (χ2v) is 6.34. The minimum absolute atomic E-state index is 0.302. The van der Waals surface area contributed by atoms with E-state index >= 15 is 0 Å². The fourth-order valence-electron chi connectivity index (χ4n) is 3.61. The Labute approximate surface area is 117 Å². The van der Waals surface area contributed by atoms with E-state index in [0.717, 1.165) is 18.0 Å². The fraction of sp³-hybridized carbons (Fsp3) is 0.812. The maximum absolute atomic E-state index is 6.51. The molecule has 1 aliphatic rings. The lowest BCUT2D eigenvalue weighted by molar-refractivity contribution is 0.228. The smallest absolute Gasteiger partial charge is 0.0628 e. The SMILES string of the molecule is CCC1CCCC(C(N)Cc2c(C)nn(C)c2C)C1. The third kappa shape index (κ3) is 3.19. The molecule has 108 valence electrons. The van der Waals surface area contributed by atoms with Gasteiger partial charge in [-0.25, -0.2) is 0 Å². The molecule has 1 aliphatic carbocycles. The molecule has 0 aromatic carbocycles. The summed E-state index contributed by atoms with van der Waals surface area (Å²) in [6, 6.07) is 0.302. The van der Waals surface area contributed by atoms with E-state index < -0.39 is 0 Å². The second-order valence-electron chi connectivity index (χ2n) is 6.34. The van der Waals surface area contributed by atoms with E-state index in [9.17, 15) is 0 Å². The average Bonchev–Trinajstić information content (AvgIpc) is 2.65. The van der Waals surface area contributed by atoms with Crippen LogP contribution in [0.15, 0.2) is 0 Å². The number of nitrogens with zero attached hydrogens (tertiary/aromatic N) is 2. The molecule has 3 unspecified atom stereocenters. The van der Waals surface area contributed by atoms with Crippen molar-refractivity contribution >= 4 is 0 Å². The van der Waals surface area contributed by atoms with Crippen molar-refractivity contribution in [3.05, 3.63) is 17.0 Å². The molecule has 0 spiro atoms. The van der Waals surface area contributed by atoms with Crippen LogP contribution in [0.25, 0.3) is 0 Å². The van der Waals surface area contributed by atoms with Gasteiger partial charge in [0.05, 0.1) is 5.69 Å². The van der Waals surface area contributed by atoms with Gasteiger partial charge in [0.2, 0.25) is 0 Å². The Morgan fingerprint density at radius 1 is 1.37 bits per heavy atom. The van der Waals surface area contributed by atoms with Gasteiger partial charge in [0.15, 0.2) is 0 Å². The summed E-state index contributed by atoms with van der Waals surface area (Å²) in [5, 5.41) is 4.50. The summed E-state index contributed by atoms with van der Waals surface area (Å²) in [4.78, 5) is 0. The third-order valence-corrected chi connectivity index (χ3v) is 5.10. The van der Waals surface area contributed by atoms with Crippen LogP contribution in [0.2, 0.25) is 0 Å². The third-order valence-electron chi connectivity index (χ3n) is 5.10. The molecule has 1 fully saturated rings. The highest BCUT2D eigenvalue weighted by molar-refractivity contribution is 5.25. The summed E-state index contributed by atoms with van der Waals surface area (Å²) >= 11 is 0. The van der Waals surface area contributed by atoms with E-state index in [-0.39, 0.29) is 0 Å². The molecule has 2 N–H and O–H groups in total. The van der Waals surface area contributed by atoms with Gasteiger partial charge < -0.3 is 5.73 Å². The van der Waals surface area contributed by atoms with Crippen molar-refractivity contribution in [2.45, 2.75) is 65.3 Å². The Balaban J connectivity index is 2.02. The van der Waals surface area contributed by atoms with Crippen LogP contribution in [0.4, 0.5) is 0 Å². The summed E-state index contributed by atoms with van der Waals surface area (Å²) in [5.74, 6) is 1.61. The van der Waals surface area contributed by atoms with E-state index in [2.05, 4.69) is 25.9 Å². The van der Waals surface area contributed by atoms with Crippen LogP contribution < -0.4 is 5.73 Å². The molecule has 0 amide bonds. The maximum Gasteiger partial charge on any atom is 0.0628 e. The molecule has 3 atom stereocenters. The molecule has 3 heteroatoms. The van der Waals surface area contributed by atoms with E-state index in [1.54, 1.807) is 0 Å². The zero-order valence-corrected chi connectivity index (χ0v) is 12.9. The van der Waals surface area contributed by atoms with E-state index in [0.29, 0.717) is 12.0 Å². The van der Waals surface area contributed by atoms with Gasteiger partial charge in [0, 0.05) is 18.8 Å². The first kappa shape index (κ1) is 14.6. The topological polar surface area (TPSA) is 43.8 Å². The summed E-state index contributed by atoms with van der Waals surface area (Å²) in [7, 11) is 2.02. The highest BCUT2D eigenvalue weighted by atomic mass is 15.3. The Hall–Kier alpha value is -0.830. The Bertz CT molecular complexity index is 422. The van der Waals surface area contributed by atoms with Crippen LogP contribution in [0.1, 0.15) is 56.0 Å². The molecule has 0 radical (unpaired) electrons. The van der Waals surface area contributed by atoms with Crippen molar-refractivity contribution < 1.29 is 0 Å². The van der Waals surface area contributed by atoms with Gasteiger partial charge in [-0.3, -0.25) is 4.68 Å². The molecule has 0 bridgehead atoms. The standard InChI is InChI=1S/C16H29N3/c1-5-13-7-6-8-14(9-13)16(17)10-15-11(2)18-19(4)12(15)3/h13-14,16H,5-10,17H2,1-4H3. The molecule has 1 saturated carbocycles. The van der Waals surface area contributed by atoms with Gasteiger partial charge in [0.25, 0.3) is 0 Å². The Morgan fingerprint density at radius 2 is 2.11 bits per heavy atom. The molecule has 19 heavy (non-hydrogen) atoms. The van der Waals surface area contributed by atoms with E-state index in [1.165, 1.54) is 43.4 Å². The molecule has 3 nitrogen and oxygen atoms in total. The van der Waals surface area contributed by atoms with Gasteiger partial charge in [-0.15, -0.1) is 0 Å². The predicted molar refractivity (Wildman–Crippen MR) is 80.1 cm³/mol. The minimum atomic E-state index is 0.302. The monoisotopic (exact) mass is 263 g/mol. The molecular weight excluding hydrogens is 234 g/mol. The first-order valence-electron chi connectivity index (χ1n) is 7.77. The first-order chi connectivity index (χ1) is 9.02. The van der Waals surface area contributed by atoms with Gasteiger partial charge in [-0.05, 0) is 50.5 Å². The summed E-state index contributed by atoms with van der Waals surface area (Å²) in [6.07, 6.45) is 7.72. The molecule has 2 rings (SSSR count). The molecule has 1 heterocycles. The average molecular weight is 263 g/mol. The molecule has 1 aromatic heterocycles. The van der Waals surface area contributed by atoms with Gasteiger partial charge in [-0.1, -0.05) is 26.2 Å². The fourth-order valence-corrected chi connectivity index (χ4v) is 3.61. The normalized spacial score (nSPS) is 25.5. The van der Waals surface area contributed by atoms with E-state index in [1.807, 2.05) is 11.7 Å². The van der Waals surface area contributed by atoms with Crippen molar-refractivity contribution in [1.82, 2.24) is 9.78 Å². The van der Waals surface area contributed by atoms with Crippen molar-refractivity contribution in [3.63, 3.8) is 0 Å². The number of aromatic nitrogens is 2. The van der Waals surface area contributed by atoms with Crippen LogP contribution in [-0.4, -0.2) is 15.8 Å². The number of nitrogens with two attached hydrogens (primary N) is 1. The van der Waals surface area contributed by atoms with Crippen LogP contribution in [-0.2, 0) is 13.5 Å². The zero-order valence-electron chi connectivity index (χ0n) is 12.9. The molecule has 0 aliphatic heterocycles. The number of hydrogen-bond acceptors (Lipinski definition) is 2. The lowest BCUT2D eigenvalue weighted by Crippen LogP contribution is -2.35. The maximum atomic E-state index is 6.51. The van der Waals surface area contributed by atoms with Gasteiger partial charge in [0.1, 0.15) is 0 Å². The van der Waals surface area contributed by atoms with Crippen molar-refractivity contribution in [2.24, 2.45) is 24.6 Å². The summed E-state index contributed by atoms with van der Waals surface area (Å²) in [5.41, 5.74) is 10.3. The zero-order chi connectivity index (χ0) is 14.0. The van der Waals surface area contributed by atoms with Crippen molar-refractivity contribution in [2.75, 3.05) is 0 Å². The quantitative estimate of drug-likeness (QED) is 0.907.